The van der Waals surface area contributed by atoms with Gasteiger partial charge in [-0.15, -0.1) is 0 Å². The number of nitrogens with zero attached hydrogens (tertiary/aromatic N) is 3. The highest BCUT2D eigenvalue weighted by Crippen LogP contribution is 2.64. The fourth-order valence-electron chi connectivity index (χ4n) is 5.58. The van der Waals surface area contributed by atoms with Crippen molar-refractivity contribution in [2.45, 2.75) is 39.8 Å². The number of pyridine rings is 1. The summed E-state index contributed by atoms with van der Waals surface area (Å²) in [4.78, 5) is 22.6. The van der Waals surface area contributed by atoms with Crippen LogP contribution in [-0.4, -0.2) is 27.1 Å². The third-order valence-electron chi connectivity index (χ3n) is 7.67. The van der Waals surface area contributed by atoms with E-state index in [1.807, 2.05) is 55.5 Å². The van der Waals surface area contributed by atoms with Gasteiger partial charge in [-0.2, -0.15) is 0 Å². The summed E-state index contributed by atoms with van der Waals surface area (Å²) in [5, 5.41) is 1.11. The third kappa shape index (κ3) is 4.91. The lowest BCUT2D eigenvalue weighted by Gasteiger charge is -2.11. The summed E-state index contributed by atoms with van der Waals surface area (Å²) >= 11 is 3.59. The first kappa shape index (κ1) is 25.6. The van der Waals surface area contributed by atoms with Crippen LogP contribution in [0.4, 0.5) is 0 Å². The molecule has 198 valence electrons. The minimum Gasteiger partial charge on any atom is -0.487 e. The molecule has 1 saturated carbocycles. The second kappa shape index (κ2) is 10.1. The molecule has 1 aliphatic carbocycles. The predicted octanol–water partition coefficient (Wildman–Crippen LogP) is 7.28. The van der Waals surface area contributed by atoms with Crippen molar-refractivity contribution in [1.82, 2.24) is 14.5 Å². The minimum absolute atomic E-state index is 0.0257. The molecule has 3 aromatic carbocycles. The minimum atomic E-state index is -0.232. The number of ether oxygens (including phenoxy) is 2. The number of esters is 1. The molecule has 0 unspecified atom stereocenters. The van der Waals surface area contributed by atoms with E-state index in [0.717, 1.165) is 49.2 Å². The van der Waals surface area contributed by atoms with Crippen molar-refractivity contribution in [3.05, 3.63) is 100 Å². The summed E-state index contributed by atoms with van der Waals surface area (Å²) in [6, 6.07) is 26.4. The Balaban J connectivity index is 1.33. The van der Waals surface area contributed by atoms with E-state index in [0.29, 0.717) is 19.8 Å². The third-order valence-corrected chi connectivity index (χ3v) is 8.16. The van der Waals surface area contributed by atoms with Crippen molar-refractivity contribution in [1.29, 1.82) is 0 Å². The second-order valence-electron chi connectivity index (χ2n) is 10.6. The number of para-hydroxylation sites is 1. The molecule has 0 radical (unpaired) electrons. The number of fused-ring (bicyclic) bond motifs is 2. The molecule has 0 spiro atoms. The monoisotopic (exact) mass is 583 g/mol. The van der Waals surface area contributed by atoms with Crippen molar-refractivity contribution in [2.75, 3.05) is 6.61 Å². The standard InChI is InChI=1S/C32H30BrN3O3/c1-4-38-31(37)29-28(32(29,2)3)30-35-26-17-24(39-19-23-13-12-21-9-5-6-11-25(21)34-23)14-15-27(26)36(30)18-20-8-7-10-22(33)16-20/h5-17,28-29H,4,18-19H2,1-3H3/t28-,29+/m1/s1. The molecular weight excluding hydrogens is 554 g/mol. The van der Waals surface area contributed by atoms with E-state index in [9.17, 15) is 4.79 Å². The van der Waals surface area contributed by atoms with Gasteiger partial charge in [0.2, 0.25) is 0 Å². The van der Waals surface area contributed by atoms with Crippen LogP contribution in [0, 0.1) is 11.3 Å². The van der Waals surface area contributed by atoms with Gasteiger partial charge in [0, 0.05) is 28.4 Å². The molecule has 1 fully saturated rings. The zero-order valence-corrected chi connectivity index (χ0v) is 23.8. The van der Waals surface area contributed by atoms with Gasteiger partial charge in [0.05, 0.1) is 34.8 Å². The van der Waals surface area contributed by atoms with Crippen molar-refractivity contribution < 1.29 is 14.3 Å². The van der Waals surface area contributed by atoms with Crippen LogP contribution in [0.15, 0.2) is 83.3 Å². The van der Waals surface area contributed by atoms with Crippen LogP contribution in [-0.2, 0) is 22.7 Å². The van der Waals surface area contributed by atoms with E-state index >= 15 is 0 Å². The summed E-state index contributed by atoms with van der Waals surface area (Å²) in [5.74, 6) is 1.24. The second-order valence-corrected chi connectivity index (χ2v) is 11.6. The predicted molar refractivity (Wildman–Crippen MR) is 156 cm³/mol. The van der Waals surface area contributed by atoms with Crippen LogP contribution < -0.4 is 4.74 Å². The van der Waals surface area contributed by atoms with Gasteiger partial charge >= 0.3 is 5.97 Å². The molecule has 0 N–H and O–H groups in total. The lowest BCUT2D eigenvalue weighted by atomic mass is 10.1. The molecule has 0 aliphatic heterocycles. The molecule has 7 heteroatoms. The number of carbonyl (C=O) groups is 1. The number of benzene rings is 3. The summed E-state index contributed by atoms with van der Waals surface area (Å²) < 4.78 is 14.8. The van der Waals surface area contributed by atoms with Gasteiger partial charge in [-0.1, -0.05) is 66.2 Å². The van der Waals surface area contributed by atoms with E-state index in [2.05, 4.69) is 64.7 Å². The van der Waals surface area contributed by atoms with Gasteiger partial charge in [-0.3, -0.25) is 4.79 Å². The molecule has 6 rings (SSSR count). The highest BCUT2D eigenvalue weighted by Gasteiger charge is 2.65. The number of hydrogen-bond donors (Lipinski definition) is 0. The highest BCUT2D eigenvalue weighted by molar-refractivity contribution is 9.10. The molecule has 0 amide bonds. The van der Waals surface area contributed by atoms with Gasteiger partial charge in [0.25, 0.3) is 0 Å². The van der Waals surface area contributed by atoms with Crippen molar-refractivity contribution in [2.24, 2.45) is 11.3 Å². The number of aromatic nitrogens is 3. The normalized spacial score (nSPS) is 17.8. The molecular formula is C32H30BrN3O3. The maximum absolute atomic E-state index is 12.8. The number of imidazole rings is 1. The lowest BCUT2D eigenvalue weighted by molar-refractivity contribution is -0.145. The fourth-order valence-corrected chi connectivity index (χ4v) is 6.02. The van der Waals surface area contributed by atoms with Crippen molar-refractivity contribution in [3.63, 3.8) is 0 Å². The highest BCUT2D eigenvalue weighted by atomic mass is 79.9. The van der Waals surface area contributed by atoms with Gasteiger partial charge in [0.15, 0.2) is 0 Å². The molecule has 0 saturated heterocycles. The first-order chi connectivity index (χ1) is 18.8. The van der Waals surface area contributed by atoms with Crippen LogP contribution in [0.1, 0.15) is 43.8 Å². The SMILES string of the molecule is CCOC(=O)[C@@H]1[C@H](c2nc3cc(OCc4ccc5ccccc5n4)ccc3n2Cc2cccc(Br)c2)C1(C)C. The van der Waals surface area contributed by atoms with E-state index in [-0.39, 0.29) is 23.2 Å². The van der Waals surface area contributed by atoms with Gasteiger partial charge in [-0.05, 0) is 54.3 Å². The Morgan fingerprint density at radius 1 is 0.974 bits per heavy atom. The van der Waals surface area contributed by atoms with Crippen LogP contribution in [0.5, 0.6) is 5.75 Å². The zero-order valence-electron chi connectivity index (χ0n) is 22.2. The lowest BCUT2D eigenvalue weighted by Crippen LogP contribution is -2.11. The molecule has 2 heterocycles. The number of rotatable bonds is 8. The molecule has 0 bridgehead atoms. The summed E-state index contributed by atoms with van der Waals surface area (Å²) in [6.07, 6.45) is 0. The molecule has 6 nitrogen and oxygen atoms in total. The quantitative estimate of drug-likeness (QED) is 0.180. The summed E-state index contributed by atoms with van der Waals surface area (Å²) in [5.41, 5.74) is 4.59. The van der Waals surface area contributed by atoms with E-state index in [1.165, 1.54) is 0 Å². The van der Waals surface area contributed by atoms with Crippen LogP contribution in [0.2, 0.25) is 0 Å². The fraction of sp³-hybridized carbons (Fsp3) is 0.281. The molecule has 39 heavy (non-hydrogen) atoms. The smallest absolute Gasteiger partial charge is 0.310 e. The molecule has 1 aliphatic rings. The van der Waals surface area contributed by atoms with Gasteiger partial charge in [0.1, 0.15) is 18.2 Å². The Hall–Kier alpha value is -3.71. The van der Waals surface area contributed by atoms with E-state index in [1.54, 1.807) is 0 Å². The first-order valence-electron chi connectivity index (χ1n) is 13.2. The maximum Gasteiger partial charge on any atom is 0.310 e. The number of hydrogen-bond acceptors (Lipinski definition) is 5. The van der Waals surface area contributed by atoms with Crippen molar-refractivity contribution >= 4 is 43.8 Å². The van der Waals surface area contributed by atoms with E-state index < -0.39 is 0 Å². The van der Waals surface area contributed by atoms with Gasteiger partial charge < -0.3 is 14.0 Å². The molecule has 2 aromatic heterocycles. The summed E-state index contributed by atoms with van der Waals surface area (Å²) in [6.45, 7) is 7.47. The van der Waals surface area contributed by atoms with Crippen LogP contribution in [0.25, 0.3) is 21.9 Å². The Labute approximate surface area is 236 Å². The Morgan fingerprint density at radius 2 is 1.82 bits per heavy atom. The average molecular weight is 585 g/mol. The molecule has 5 aromatic rings. The largest absolute Gasteiger partial charge is 0.487 e. The molecule has 2 atom stereocenters. The maximum atomic E-state index is 12.8. The van der Waals surface area contributed by atoms with Crippen LogP contribution >= 0.6 is 15.9 Å². The van der Waals surface area contributed by atoms with Gasteiger partial charge in [-0.25, -0.2) is 9.97 Å². The van der Waals surface area contributed by atoms with Crippen LogP contribution in [0.3, 0.4) is 0 Å². The summed E-state index contributed by atoms with van der Waals surface area (Å²) in [7, 11) is 0. The zero-order chi connectivity index (χ0) is 27.1. The average Bonchev–Trinajstić information content (AvgIpc) is 3.34. The Bertz CT molecular complexity index is 1690. The van der Waals surface area contributed by atoms with E-state index in [4.69, 9.17) is 19.4 Å². The van der Waals surface area contributed by atoms with Crippen molar-refractivity contribution in [3.8, 4) is 5.75 Å². The number of halogens is 1. The Morgan fingerprint density at radius 3 is 2.64 bits per heavy atom. The Kier molecular flexibility index (Phi) is 6.63. The topological polar surface area (TPSA) is 66.2 Å². The number of carbonyl (C=O) groups excluding carboxylic acids is 1. The first-order valence-corrected chi connectivity index (χ1v) is 14.0.